The third-order valence-electron chi connectivity index (χ3n) is 3.12. The maximum Gasteiger partial charge on any atom is 0.323 e. The van der Waals surface area contributed by atoms with E-state index in [2.05, 4.69) is 10.6 Å². The number of urea groups is 1. The van der Waals surface area contributed by atoms with Gasteiger partial charge in [-0.15, -0.1) is 0 Å². The number of halogens is 2. The van der Waals surface area contributed by atoms with Gasteiger partial charge >= 0.3 is 6.03 Å². The molecule has 2 rings (SSSR count). The zero-order valence-electron chi connectivity index (χ0n) is 12.1. The summed E-state index contributed by atoms with van der Waals surface area (Å²) in [5.41, 5.74) is 3.02. The van der Waals surface area contributed by atoms with Gasteiger partial charge in [-0.3, -0.25) is 0 Å². The summed E-state index contributed by atoms with van der Waals surface area (Å²) in [5.74, 6) is -1.63. The SMILES string of the molecule is Cc1cc(C)c(NC(=O)Nc2c(F)cccc2F)c(C)c1. The molecule has 0 heterocycles. The highest BCUT2D eigenvalue weighted by Crippen LogP contribution is 2.23. The van der Waals surface area contributed by atoms with Gasteiger partial charge in [0, 0.05) is 5.69 Å². The minimum atomic E-state index is -0.817. The Hall–Kier alpha value is -2.43. The molecule has 2 N–H and O–H groups in total. The lowest BCUT2D eigenvalue weighted by Gasteiger charge is -2.14. The Kier molecular flexibility index (Phi) is 4.21. The molecule has 110 valence electrons. The van der Waals surface area contributed by atoms with Crippen LogP contribution in [0.5, 0.6) is 0 Å². The van der Waals surface area contributed by atoms with Crippen molar-refractivity contribution in [2.45, 2.75) is 20.8 Å². The summed E-state index contributed by atoms with van der Waals surface area (Å²) in [4.78, 5) is 11.9. The second-order valence-corrected chi connectivity index (χ2v) is 4.95. The van der Waals surface area contributed by atoms with Gasteiger partial charge in [0.05, 0.1) is 0 Å². The number of anilines is 2. The number of rotatable bonds is 2. The number of hydrogen-bond donors (Lipinski definition) is 2. The van der Waals surface area contributed by atoms with Crippen LogP contribution in [0.15, 0.2) is 30.3 Å². The molecule has 0 saturated carbocycles. The minimum Gasteiger partial charge on any atom is -0.307 e. The topological polar surface area (TPSA) is 41.1 Å². The molecule has 0 unspecified atom stereocenters. The molecule has 0 bridgehead atoms. The van der Waals surface area contributed by atoms with Gasteiger partial charge in [-0.2, -0.15) is 0 Å². The van der Waals surface area contributed by atoms with Gasteiger partial charge in [-0.25, -0.2) is 13.6 Å². The van der Waals surface area contributed by atoms with E-state index in [-0.39, 0.29) is 0 Å². The predicted octanol–water partition coefficient (Wildman–Crippen LogP) is 4.53. The highest BCUT2D eigenvalue weighted by molar-refractivity contribution is 6.00. The van der Waals surface area contributed by atoms with Crippen molar-refractivity contribution in [1.29, 1.82) is 0 Å². The van der Waals surface area contributed by atoms with Crippen LogP contribution in [-0.2, 0) is 0 Å². The van der Waals surface area contributed by atoms with Crippen molar-refractivity contribution in [3.8, 4) is 0 Å². The Bertz CT molecular complexity index is 655. The van der Waals surface area contributed by atoms with Gasteiger partial charge in [0.25, 0.3) is 0 Å². The monoisotopic (exact) mass is 290 g/mol. The van der Waals surface area contributed by atoms with Crippen molar-refractivity contribution in [2.75, 3.05) is 10.6 Å². The Balaban J connectivity index is 2.20. The number of amides is 2. The maximum absolute atomic E-state index is 13.5. The molecular weight excluding hydrogens is 274 g/mol. The Morgan fingerprint density at radius 3 is 1.90 bits per heavy atom. The summed E-state index contributed by atoms with van der Waals surface area (Å²) in [6, 6.07) is 6.57. The molecule has 3 nitrogen and oxygen atoms in total. The molecule has 0 radical (unpaired) electrons. The van der Waals surface area contributed by atoms with E-state index in [1.165, 1.54) is 6.07 Å². The summed E-state index contributed by atoms with van der Waals surface area (Å²) in [7, 11) is 0. The van der Waals surface area contributed by atoms with E-state index in [0.717, 1.165) is 28.8 Å². The van der Waals surface area contributed by atoms with Crippen molar-refractivity contribution in [1.82, 2.24) is 0 Å². The van der Waals surface area contributed by atoms with Crippen LogP contribution >= 0.6 is 0 Å². The molecule has 2 aromatic carbocycles. The first-order valence-corrected chi connectivity index (χ1v) is 6.48. The number of aryl methyl sites for hydroxylation is 3. The van der Waals surface area contributed by atoms with Gasteiger partial charge in [0.15, 0.2) is 0 Å². The molecule has 0 spiro atoms. The highest BCUT2D eigenvalue weighted by Gasteiger charge is 2.13. The molecule has 0 aliphatic carbocycles. The van der Waals surface area contributed by atoms with Crippen molar-refractivity contribution < 1.29 is 13.6 Å². The van der Waals surface area contributed by atoms with E-state index in [9.17, 15) is 13.6 Å². The molecule has 2 aromatic rings. The zero-order chi connectivity index (χ0) is 15.6. The van der Waals surface area contributed by atoms with E-state index in [0.29, 0.717) is 5.69 Å². The Morgan fingerprint density at radius 1 is 0.905 bits per heavy atom. The van der Waals surface area contributed by atoms with Crippen LogP contribution in [0, 0.1) is 32.4 Å². The standard InChI is InChI=1S/C16H16F2N2O/c1-9-7-10(2)14(11(3)8-9)19-16(21)20-15-12(17)5-4-6-13(15)18/h4-8H,1-3H3,(H2,19,20,21). The number of carbonyl (C=O) groups excluding carboxylic acids is 1. The number of benzene rings is 2. The summed E-state index contributed by atoms with van der Waals surface area (Å²) < 4.78 is 27.0. The highest BCUT2D eigenvalue weighted by atomic mass is 19.1. The molecule has 0 fully saturated rings. The summed E-state index contributed by atoms with van der Waals surface area (Å²) in [6.07, 6.45) is 0. The average molecular weight is 290 g/mol. The number of carbonyl (C=O) groups is 1. The molecule has 0 aliphatic heterocycles. The molecule has 0 saturated heterocycles. The van der Waals surface area contributed by atoms with Crippen LogP contribution in [0.25, 0.3) is 0 Å². The largest absolute Gasteiger partial charge is 0.323 e. The van der Waals surface area contributed by atoms with Crippen LogP contribution in [0.3, 0.4) is 0 Å². The van der Waals surface area contributed by atoms with E-state index in [1.54, 1.807) is 0 Å². The average Bonchev–Trinajstić information content (AvgIpc) is 2.38. The van der Waals surface area contributed by atoms with Gasteiger partial charge in [0.1, 0.15) is 17.3 Å². The first-order valence-electron chi connectivity index (χ1n) is 6.48. The third-order valence-corrected chi connectivity index (χ3v) is 3.12. The lowest BCUT2D eigenvalue weighted by atomic mass is 10.1. The van der Waals surface area contributed by atoms with Crippen LogP contribution in [-0.4, -0.2) is 6.03 Å². The third kappa shape index (κ3) is 3.37. The predicted molar refractivity (Wildman–Crippen MR) is 79.7 cm³/mol. The fraction of sp³-hybridized carbons (Fsp3) is 0.188. The summed E-state index contributed by atoms with van der Waals surface area (Å²) >= 11 is 0. The molecular formula is C16H16F2N2O. The van der Waals surface area contributed by atoms with Gasteiger partial charge in [0.2, 0.25) is 0 Å². The van der Waals surface area contributed by atoms with Crippen LogP contribution in [0.4, 0.5) is 25.0 Å². The van der Waals surface area contributed by atoms with Crippen molar-refractivity contribution >= 4 is 17.4 Å². The van der Waals surface area contributed by atoms with Crippen LogP contribution in [0.2, 0.25) is 0 Å². The fourth-order valence-corrected chi connectivity index (χ4v) is 2.25. The van der Waals surface area contributed by atoms with E-state index >= 15 is 0 Å². The zero-order valence-corrected chi connectivity index (χ0v) is 12.1. The van der Waals surface area contributed by atoms with Crippen LogP contribution in [0.1, 0.15) is 16.7 Å². The number of para-hydroxylation sites is 1. The second-order valence-electron chi connectivity index (χ2n) is 4.95. The van der Waals surface area contributed by atoms with Gasteiger partial charge in [-0.1, -0.05) is 23.8 Å². The Morgan fingerprint density at radius 2 is 1.38 bits per heavy atom. The van der Waals surface area contributed by atoms with E-state index in [4.69, 9.17) is 0 Å². The Labute approximate surface area is 122 Å². The van der Waals surface area contributed by atoms with E-state index < -0.39 is 23.4 Å². The van der Waals surface area contributed by atoms with Crippen LogP contribution < -0.4 is 10.6 Å². The van der Waals surface area contributed by atoms with E-state index in [1.807, 2.05) is 32.9 Å². The van der Waals surface area contributed by atoms with Crippen molar-refractivity contribution in [3.63, 3.8) is 0 Å². The molecule has 5 heteroatoms. The first kappa shape index (κ1) is 15.0. The first-order chi connectivity index (χ1) is 9.88. The maximum atomic E-state index is 13.5. The minimum absolute atomic E-state index is 0.461. The second kappa shape index (κ2) is 5.91. The number of hydrogen-bond acceptors (Lipinski definition) is 1. The molecule has 21 heavy (non-hydrogen) atoms. The van der Waals surface area contributed by atoms with Crippen molar-refractivity contribution in [2.24, 2.45) is 0 Å². The van der Waals surface area contributed by atoms with Gasteiger partial charge < -0.3 is 10.6 Å². The van der Waals surface area contributed by atoms with Gasteiger partial charge in [-0.05, 0) is 44.0 Å². The summed E-state index contributed by atoms with van der Waals surface area (Å²) in [5, 5.41) is 4.82. The smallest absolute Gasteiger partial charge is 0.307 e. The fourth-order valence-electron chi connectivity index (χ4n) is 2.25. The molecule has 0 aromatic heterocycles. The normalized spacial score (nSPS) is 10.3. The lowest BCUT2D eigenvalue weighted by Crippen LogP contribution is -2.22. The molecule has 2 amide bonds. The van der Waals surface area contributed by atoms with Crippen molar-refractivity contribution in [3.05, 3.63) is 58.7 Å². The molecule has 0 aliphatic rings. The molecule has 0 atom stereocenters. The summed E-state index contributed by atoms with van der Waals surface area (Å²) in [6.45, 7) is 5.68. The number of nitrogens with one attached hydrogen (secondary N) is 2. The lowest BCUT2D eigenvalue weighted by molar-refractivity contribution is 0.262. The quantitative estimate of drug-likeness (QED) is 0.838.